The summed E-state index contributed by atoms with van der Waals surface area (Å²) in [6.07, 6.45) is 2.17. The van der Waals surface area contributed by atoms with E-state index in [4.69, 9.17) is 10.1 Å². The molecule has 1 unspecified atom stereocenters. The molecule has 0 radical (unpaired) electrons. The van der Waals surface area contributed by atoms with Gasteiger partial charge in [-0.25, -0.2) is 4.68 Å². The van der Waals surface area contributed by atoms with Gasteiger partial charge < -0.3 is 10.4 Å². The largest absolute Gasteiger partial charge is 0.508 e. The van der Waals surface area contributed by atoms with E-state index >= 15 is 0 Å². The summed E-state index contributed by atoms with van der Waals surface area (Å²) in [5, 5.41) is 18.1. The molecule has 3 aromatic rings. The van der Waals surface area contributed by atoms with Gasteiger partial charge in [0.25, 0.3) is 0 Å². The maximum Gasteiger partial charge on any atom is 0.226 e. The summed E-state index contributed by atoms with van der Waals surface area (Å²) in [7, 11) is 0. The molecular formula is C22H20N4O2. The number of ketones is 1. The van der Waals surface area contributed by atoms with Crippen LogP contribution in [0.1, 0.15) is 36.4 Å². The highest BCUT2D eigenvalue weighted by Crippen LogP contribution is 2.41. The predicted octanol–water partition coefficient (Wildman–Crippen LogP) is 3.98. The van der Waals surface area contributed by atoms with Crippen molar-refractivity contribution in [3.05, 3.63) is 70.9 Å². The van der Waals surface area contributed by atoms with E-state index < -0.39 is 6.04 Å². The summed E-state index contributed by atoms with van der Waals surface area (Å²) in [5.41, 5.74) is 4.52. The van der Waals surface area contributed by atoms with Crippen LogP contribution in [0.5, 0.6) is 5.75 Å². The van der Waals surface area contributed by atoms with Crippen LogP contribution in [0.2, 0.25) is 0 Å². The number of carbonyl (C=O) groups is 1. The van der Waals surface area contributed by atoms with Gasteiger partial charge in [-0.05, 0) is 43.0 Å². The van der Waals surface area contributed by atoms with Gasteiger partial charge >= 0.3 is 0 Å². The molecule has 0 fully saturated rings. The van der Waals surface area contributed by atoms with Crippen molar-refractivity contribution in [2.24, 2.45) is 0 Å². The van der Waals surface area contributed by atoms with E-state index in [1.807, 2.05) is 37.3 Å². The number of phenolic OH excluding ortho intramolecular Hbond substituents is 1. The number of fused-ring (bicyclic) bond motifs is 1. The molecule has 2 aromatic carbocycles. The molecule has 1 atom stereocenters. The van der Waals surface area contributed by atoms with Crippen LogP contribution in [0, 0.1) is 6.92 Å². The van der Waals surface area contributed by atoms with Crippen LogP contribution in [-0.4, -0.2) is 25.7 Å². The Bertz CT molecular complexity index is 1130. The summed E-state index contributed by atoms with van der Waals surface area (Å²) in [6, 6.07) is 14.6. The molecule has 140 valence electrons. The van der Waals surface area contributed by atoms with Gasteiger partial charge in [0, 0.05) is 23.3 Å². The van der Waals surface area contributed by atoms with E-state index in [-0.39, 0.29) is 11.5 Å². The van der Waals surface area contributed by atoms with Gasteiger partial charge in [0.2, 0.25) is 5.95 Å². The SMILES string of the molecule is Cc1ccccc1-c1nc2n(n1)C(c1cccc(O)c1)C1=C(CCCC1=O)N2. The molecule has 6 heteroatoms. The average molecular weight is 372 g/mol. The molecule has 0 saturated carbocycles. The standard InChI is InChI=1S/C22H20N4O2/c1-13-6-2-3-9-16(13)21-24-22-23-17-10-5-11-18(28)19(17)20(26(22)25-21)14-7-4-8-15(27)12-14/h2-4,6-9,12,20,27H,5,10-11H2,1H3,(H,23,24,25). The Balaban J connectivity index is 1.71. The lowest BCUT2D eigenvalue weighted by Crippen LogP contribution is -2.31. The molecule has 0 spiro atoms. The summed E-state index contributed by atoms with van der Waals surface area (Å²) in [4.78, 5) is 17.5. The summed E-state index contributed by atoms with van der Waals surface area (Å²) < 4.78 is 1.78. The monoisotopic (exact) mass is 372 g/mol. The Morgan fingerprint density at radius 1 is 1.14 bits per heavy atom. The molecule has 2 N–H and O–H groups in total. The fourth-order valence-electron chi connectivity index (χ4n) is 4.10. The van der Waals surface area contributed by atoms with E-state index in [1.54, 1.807) is 22.9 Å². The molecular weight excluding hydrogens is 352 g/mol. The first-order valence-corrected chi connectivity index (χ1v) is 9.46. The van der Waals surface area contributed by atoms with Gasteiger partial charge in [0.05, 0.1) is 0 Å². The zero-order valence-electron chi connectivity index (χ0n) is 15.5. The van der Waals surface area contributed by atoms with Crippen molar-refractivity contribution in [2.45, 2.75) is 32.2 Å². The van der Waals surface area contributed by atoms with Gasteiger partial charge in [-0.2, -0.15) is 4.98 Å². The molecule has 0 bridgehead atoms. The van der Waals surface area contributed by atoms with E-state index in [2.05, 4.69) is 5.32 Å². The number of nitrogens with zero attached hydrogens (tertiary/aromatic N) is 3. The lowest BCUT2D eigenvalue weighted by Gasteiger charge is -2.32. The Labute approximate surface area is 162 Å². The molecule has 5 rings (SSSR count). The van der Waals surface area contributed by atoms with E-state index in [0.717, 1.165) is 40.8 Å². The van der Waals surface area contributed by atoms with Gasteiger partial charge in [-0.3, -0.25) is 4.79 Å². The molecule has 1 aliphatic heterocycles. The second-order valence-corrected chi connectivity index (χ2v) is 7.31. The van der Waals surface area contributed by atoms with Crippen LogP contribution in [0.15, 0.2) is 59.8 Å². The highest BCUT2D eigenvalue weighted by molar-refractivity contribution is 5.99. The molecule has 2 heterocycles. The van der Waals surface area contributed by atoms with Crippen molar-refractivity contribution < 1.29 is 9.90 Å². The zero-order valence-corrected chi connectivity index (χ0v) is 15.5. The summed E-state index contributed by atoms with van der Waals surface area (Å²) in [6.45, 7) is 2.03. The molecule has 28 heavy (non-hydrogen) atoms. The summed E-state index contributed by atoms with van der Waals surface area (Å²) in [5.74, 6) is 1.54. The number of aromatic hydroxyl groups is 1. The van der Waals surface area contributed by atoms with Gasteiger partial charge in [0.1, 0.15) is 11.8 Å². The first-order chi connectivity index (χ1) is 13.6. The third-order valence-corrected chi connectivity index (χ3v) is 5.44. The van der Waals surface area contributed by atoms with Crippen molar-refractivity contribution >= 4 is 11.7 Å². The number of rotatable bonds is 2. The number of hydrogen-bond acceptors (Lipinski definition) is 5. The number of aromatic nitrogens is 3. The summed E-state index contributed by atoms with van der Waals surface area (Å²) >= 11 is 0. The molecule has 0 amide bonds. The van der Waals surface area contributed by atoms with Crippen LogP contribution in [0.4, 0.5) is 5.95 Å². The van der Waals surface area contributed by atoms with Gasteiger partial charge in [-0.15, -0.1) is 5.10 Å². The molecule has 1 aliphatic carbocycles. The van der Waals surface area contributed by atoms with Crippen LogP contribution in [-0.2, 0) is 4.79 Å². The van der Waals surface area contributed by atoms with Crippen molar-refractivity contribution in [3.8, 4) is 17.1 Å². The second-order valence-electron chi connectivity index (χ2n) is 7.31. The van der Waals surface area contributed by atoms with E-state index in [0.29, 0.717) is 18.2 Å². The smallest absolute Gasteiger partial charge is 0.226 e. The minimum absolute atomic E-state index is 0.126. The first-order valence-electron chi connectivity index (χ1n) is 9.46. The minimum Gasteiger partial charge on any atom is -0.508 e. The first kappa shape index (κ1) is 16.7. The number of allylic oxidation sites excluding steroid dienone is 2. The highest BCUT2D eigenvalue weighted by Gasteiger charge is 2.37. The fourth-order valence-corrected chi connectivity index (χ4v) is 4.10. The van der Waals surface area contributed by atoms with E-state index in [1.165, 1.54) is 0 Å². The highest BCUT2D eigenvalue weighted by atomic mass is 16.3. The number of hydrogen-bond donors (Lipinski definition) is 2. The van der Waals surface area contributed by atoms with Crippen molar-refractivity contribution in [1.29, 1.82) is 0 Å². The number of anilines is 1. The quantitative estimate of drug-likeness (QED) is 0.711. The van der Waals surface area contributed by atoms with Crippen molar-refractivity contribution in [3.63, 3.8) is 0 Å². The normalized spacial score (nSPS) is 18.5. The zero-order chi connectivity index (χ0) is 19.3. The minimum atomic E-state index is -0.392. The number of carbonyl (C=O) groups excluding carboxylic acids is 1. The molecule has 1 aromatic heterocycles. The topological polar surface area (TPSA) is 80.0 Å². The number of phenols is 1. The van der Waals surface area contributed by atoms with Gasteiger partial charge in [0.15, 0.2) is 11.6 Å². The maximum absolute atomic E-state index is 12.8. The van der Waals surface area contributed by atoms with Crippen LogP contribution in [0.3, 0.4) is 0 Å². The van der Waals surface area contributed by atoms with Gasteiger partial charge in [-0.1, -0.05) is 36.4 Å². The third kappa shape index (κ3) is 2.60. The third-order valence-electron chi connectivity index (χ3n) is 5.44. The van der Waals surface area contributed by atoms with E-state index in [9.17, 15) is 9.90 Å². The maximum atomic E-state index is 12.8. The number of aryl methyl sites for hydroxylation is 1. The number of benzene rings is 2. The molecule has 0 saturated heterocycles. The second kappa shape index (κ2) is 6.34. The Morgan fingerprint density at radius 2 is 2.00 bits per heavy atom. The predicted molar refractivity (Wildman–Crippen MR) is 106 cm³/mol. The van der Waals surface area contributed by atoms with Crippen molar-refractivity contribution in [2.75, 3.05) is 5.32 Å². The Morgan fingerprint density at radius 3 is 2.82 bits per heavy atom. The Hall–Kier alpha value is -3.41. The number of Topliss-reactive ketones (excluding diaryl/α,β-unsaturated/α-hetero) is 1. The van der Waals surface area contributed by atoms with Crippen LogP contribution >= 0.6 is 0 Å². The average Bonchev–Trinajstić information content (AvgIpc) is 3.10. The molecule has 2 aliphatic rings. The van der Waals surface area contributed by atoms with Crippen LogP contribution in [0.25, 0.3) is 11.4 Å². The lowest BCUT2D eigenvalue weighted by molar-refractivity contribution is -0.116. The lowest BCUT2D eigenvalue weighted by atomic mass is 9.85. The molecule has 6 nitrogen and oxygen atoms in total. The van der Waals surface area contributed by atoms with Crippen LogP contribution < -0.4 is 5.32 Å². The Kier molecular flexibility index (Phi) is 3.79. The number of nitrogens with one attached hydrogen (secondary N) is 1. The van der Waals surface area contributed by atoms with Crippen molar-refractivity contribution in [1.82, 2.24) is 14.8 Å². The fraction of sp³-hybridized carbons (Fsp3) is 0.227.